The first kappa shape index (κ1) is 9.50. The van der Waals surface area contributed by atoms with E-state index in [-0.39, 0.29) is 5.60 Å². The second-order valence-corrected chi connectivity index (χ2v) is 4.26. The highest BCUT2D eigenvalue weighted by molar-refractivity contribution is 5.13. The summed E-state index contributed by atoms with van der Waals surface area (Å²) in [7, 11) is 3.85. The third-order valence-electron chi connectivity index (χ3n) is 2.48. The molecule has 0 spiro atoms. The predicted octanol–water partition coefficient (Wildman–Crippen LogP) is 1.01. The normalized spacial score (nSPS) is 33.7. The van der Waals surface area contributed by atoms with E-state index < -0.39 is 5.54 Å². The van der Waals surface area contributed by atoms with Crippen molar-refractivity contribution in [1.29, 1.82) is 5.26 Å². The molecule has 1 rings (SSSR count). The molecule has 1 saturated heterocycles. The van der Waals surface area contributed by atoms with E-state index in [1.807, 2.05) is 32.8 Å². The van der Waals surface area contributed by atoms with Crippen LogP contribution in [0.2, 0.25) is 0 Å². The standard InChI is InChI=1S/C9H16N2O/c1-8(2)5-9(6-10,7-12-8)11(3)4/h5,7H2,1-4H3. The van der Waals surface area contributed by atoms with E-state index in [0.717, 1.165) is 6.42 Å². The first-order chi connectivity index (χ1) is 5.42. The fourth-order valence-corrected chi connectivity index (χ4v) is 1.58. The van der Waals surface area contributed by atoms with Crippen LogP contribution in [0.5, 0.6) is 0 Å². The molecule has 1 aliphatic heterocycles. The molecule has 1 unspecified atom stereocenters. The number of hydrogen-bond donors (Lipinski definition) is 0. The second-order valence-electron chi connectivity index (χ2n) is 4.26. The van der Waals surface area contributed by atoms with Crippen LogP contribution in [0, 0.1) is 11.3 Å². The van der Waals surface area contributed by atoms with E-state index in [1.165, 1.54) is 0 Å². The number of ether oxygens (including phenoxy) is 1. The molecule has 0 amide bonds. The predicted molar refractivity (Wildman–Crippen MR) is 46.7 cm³/mol. The van der Waals surface area contributed by atoms with Gasteiger partial charge in [0.1, 0.15) is 5.54 Å². The van der Waals surface area contributed by atoms with Gasteiger partial charge < -0.3 is 4.74 Å². The molecule has 0 aromatic rings. The monoisotopic (exact) mass is 168 g/mol. The molecule has 0 aromatic heterocycles. The molecule has 3 heteroatoms. The van der Waals surface area contributed by atoms with Crippen molar-refractivity contribution in [2.45, 2.75) is 31.4 Å². The minimum atomic E-state index is -0.413. The van der Waals surface area contributed by atoms with Gasteiger partial charge in [-0.1, -0.05) is 0 Å². The molecule has 1 atom stereocenters. The van der Waals surface area contributed by atoms with Crippen molar-refractivity contribution < 1.29 is 4.74 Å². The zero-order chi connectivity index (χ0) is 9.41. The molecule has 1 aliphatic rings. The maximum absolute atomic E-state index is 9.05. The van der Waals surface area contributed by atoms with Gasteiger partial charge in [-0.05, 0) is 27.9 Å². The molecule has 0 aliphatic carbocycles. The summed E-state index contributed by atoms with van der Waals surface area (Å²) in [4.78, 5) is 1.95. The lowest BCUT2D eigenvalue weighted by Crippen LogP contribution is -2.44. The van der Waals surface area contributed by atoms with Crippen LogP contribution in [-0.4, -0.2) is 36.7 Å². The van der Waals surface area contributed by atoms with Gasteiger partial charge in [-0.25, -0.2) is 0 Å². The molecular formula is C9H16N2O. The van der Waals surface area contributed by atoms with Crippen molar-refractivity contribution in [3.05, 3.63) is 0 Å². The number of nitrogens with zero attached hydrogens (tertiary/aromatic N) is 2. The lowest BCUT2D eigenvalue weighted by Gasteiger charge is -2.28. The smallest absolute Gasteiger partial charge is 0.135 e. The van der Waals surface area contributed by atoms with Crippen LogP contribution < -0.4 is 0 Å². The molecule has 0 bridgehead atoms. The SMILES string of the molecule is CN(C)C1(C#N)COC(C)(C)C1. The third kappa shape index (κ3) is 1.45. The average Bonchev–Trinajstić information content (AvgIpc) is 2.27. The first-order valence-corrected chi connectivity index (χ1v) is 4.15. The zero-order valence-corrected chi connectivity index (χ0v) is 8.22. The van der Waals surface area contributed by atoms with Crippen molar-refractivity contribution >= 4 is 0 Å². The molecule has 3 nitrogen and oxygen atoms in total. The summed E-state index contributed by atoms with van der Waals surface area (Å²) in [6.45, 7) is 4.56. The number of likely N-dealkylation sites (N-methyl/N-ethyl adjacent to an activating group) is 1. The van der Waals surface area contributed by atoms with Crippen molar-refractivity contribution in [2.75, 3.05) is 20.7 Å². The molecule has 1 heterocycles. The van der Waals surface area contributed by atoms with Gasteiger partial charge in [0.2, 0.25) is 0 Å². The number of nitriles is 1. The highest BCUT2D eigenvalue weighted by atomic mass is 16.5. The molecule has 0 N–H and O–H groups in total. The first-order valence-electron chi connectivity index (χ1n) is 4.15. The van der Waals surface area contributed by atoms with E-state index in [4.69, 9.17) is 10.00 Å². The molecule has 12 heavy (non-hydrogen) atoms. The fraction of sp³-hybridized carbons (Fsp3) is 0.889. The van der Waals surface area contributed by atoms with Gasteiger partial charge in [-0.3, -0.25) is 4.90 Å². The summed E-state index contributed by atoms with van der Waals surface area (Å²) in [6.07, 6.45) is 0.781. The Kier molecular flexibility index (Phi) is 2.15. The minimum Gasteiger partial charge on any atom is -0.372 e. The molecule has 0 aromatic carbocycles. The van der Waals surface area contributed by atoms with E-state index in [0.29, 0.717) is 6.61 Å². The molecular weight excluding hydrogens is 152 g/mol. The Morgan fingerprint density at radius 3 is 2.17 bits per heavy atom. The number of rotatable bonds is 1. The Balaban J connectivity index is 2.82. The molecule has 68 valence electrons. The fourth-order valence-electron chi connectivity index (χ4n) is 1.58. The maximum Gasteiger partial charge on any atom is 0.135 e. The van der Waals surface area contributed by atoms with Crippen LogP contribution >= 0.6 is 0 Å². The minimum absolute atomic E-state index is 0.153. The van der Waals surface area contributed by atoms with E-state index in [1.54, 1.807) is 0 Å². The number of hydrogen-bond acceptors (Lipinski definition) is 3. The Labute approximate surface area is 73.9 Å². The summed E-state index contributed by atoms with van der Waals surface area (Å²) in [5, 5.41) is 9.05. The Morgan fingerprint density at radius 1 is 1.42 bits per heavy atom. The van der Waals surface area contributed by atoms with E-state index in [9.17, 15) is 0 Å². The molecule has 0 saturated carbocycles. The van der Waals surface area contributed by atoms with E-state index >= 15 is 0 Å². The van der Waals surface area contributed by atoms with Crippen molar-refractivity contribution in [2.24, 2.45) is 0 Å². The van der Waals surface area contributed by atoms with Gasteiger partial charge in [0.05, 0.1) is 18.3 Å². The topological polar surface area (TPSA) is 36.3 Å². The largest absolute Gasteiger partial charge is 0.372 e. The lowest BCUT2D eigenvalue weighted by atomic mass is 9.91. The Hall–Kier alpha value is -0.590. The third-order valence-corrected chi connectivity index (χ3v) is 2.48. The maximum atomic E-state index is 9.05. The van der Waals surface area contributed by atoms with Gasteiger partial charge in [0.25, 0.3) is 0 Å². The van der Waals surface area contributed by atoms with E-state index in [2.05, 4.69) is 6.07 Å². The van der Waals surface area contributed by atoms with Crippen molar-refractivity contribution in [1.82, 2.24) is 4.90 Å². The summed E-state index contributed by atoms with van der Waals surface area (Å²) in [5.41, 5.74) is -0.566. The molecule has 0 radical (unpaired) electrons. The summed E-state index contributed by atoms with van der Waals surface area (Å²) in [6, 6.07) is 2.33. The van der Waals surface area contributed by atoms with Crippen LogP contribution in [0.15, 0.2) is 0 Å². The van der Waals surface area contributed by atoms with Crippen LogP contribution in [0.1, 0.15) is 20.3 Å². The summed E-state index contributed by atoms with van der Waals surface area (Å²) < 4.78 is 5.54. The summed E-state index contributed by atoms with van der Waals surface area (Å²) in [5.74, 6) is 0. The zero-order valence-electron chi connectivity index (χ0n) is 8.22. The van der Waals surface area contributed by atoms with Crippen molar-refractivity contribution in [3.63, 3.8) is 0 Å². The lowest BCUT2D eigenvalue weighted by molar-refractivity contribution is 0.0315. The van der Waals surface area contributed by atoms with Crippen LogP contribution in [0.3, 0.4) is 0 Å². The van der Waals surface area contributed by atoms with Crippen LogP contribution in [0.25, 0.3) is 0 Å². The summed E-state index contributed by atoms with van der Waals surface area (Å²) >= 11 is 0. The van der Waals surface area contributed by atoms with Crippen LogP contribution in [0.4, 0.5) is 0 Å². The van der Waals surface area contributed by atoms with Gasteiger partial charge in [0, 0.05) is 6.42 Å². The highest BCUT2D eigenvalue weighted by Gasteiger charge is 2.46. The van der Waals surface area contributed by atoms with Gasteiger partial charge in [-0.15, -0.1) is 0 Å². The van der Waals surface area contributed by atoms with Gasteiger partial charge in [-0.2, -0.15) is 5.26 Å². The van der Waals surface area contributed by atoms with Gasteiger partial charge in [0.15, 0.2) is 0 Å². The second kappa shape index (κ2) is 2.72. The van der Waals surface area contributed by atoms with Crippen molar-refractivity contribution in [3.8, 4) is 6.07 Å². The van der Waals surface area contributed by atoms with Crippen LogP contribution in [-0.2, 0) is 4.74 Å². The quantitative estimate of drug-likeness (QED) is 0.586. The Bertz CT molecular complexity index is 217. The molecule has 1 fully saturated rings. The van der Waals surface area contributed by atoms with Gasteiger partial charge >= 0.3 is 0 Å². The Morgan fingerprint density at radius 2 is 2.00 bits per heavy atom. The average molecular weight is 168 g/mol. The highest BCUT2D eigenvalue weighted by Crippen LogP contribution is 2.34.